The van der Waals surface area contributed by atoms with Gasteiger partial charge >= 0.3 is 0 Å². The SMILES string of the molecule is Cc1cc(Br)ccc1OCc1c(F)cccc1F. The van der Waals surface area contributed by atoms with Gasteiger partial charge in [-0.15, -0.1) is 0 Å². The first-order chi connectivity index (χ1) is 8.58. The molecular weight excluding hydrogens is 302 g/mol. The van der Waals surface area contributed by atoms with Crippen LogP contribution in [0.3, 0.4) is 0 Å². The van der Waals surface area contributed by atoms with Crippen molar-refractivity contribution in [3.63, 3.8) is 0 Å². The molecule has 0 aliphatic rings. The predicted octanol–water partition coefficient (Wildman–Crippen LogP) is 4.61. The number of halogens is 3. The molecule has 94 valence electrons. The topological polar surface area (TPSA) is 9.23 Å². The van der Waals surface area contributed by atoms with E-state index < -0.39 is 11.6 Å². The molecule has 2 aromatic carbocycles. The van der Waals surface area contributed by atoms with Crippen LogP contribution in [0.15, 0.2) is 40.9 Å². The average Bonchev–Trinajstić information content (AvgIpc) is 2.31. The molecule has 18 heavy (non-hydrogen) atoms. The van der Waals surface area contributed by atoms with Gasteiger partial charge < -0.3 is 4.74 Å². The van der Waals surface area contributed by atoms with Crippen LogP contribution in [0.4, 0.5) is 8.78 Å². The Hall–Kier alpha value is -1.42. The molecule has 0 heterocycles. The van der Waals surface area contributed by atoms with Crippen LogP contribution in [-0.2, 0) is 6.61 Å². The van der Waals surface area contributed by atoms with Gasteiger partial charge in [0.2, 0.25) is 0 Å². The lowest BCUT2D eigenvalue weighted by atomic mass is 10.2. The molecule has 2 aromatic rings. The third kappa shape index (κ3) is 2.88. The molecule has 0 aliphatic heterocycles. The summed E-state index contributed by atoms with van der Waals surface area (Å²) in [6.07, 6.45) is 0. The summed E-state index contributed by atoms with van der Waals surface area (Å²) in [5.74, 6) is -0.574. The van der Waals surface area contributed by atoms with Crippen molar-refractivity contribution in [3.8, 4) is 5.75 Å². The van der Waals surface area contributed by atoms with E-state index >= 15 is 0 Å². The van der Waals surface area contributed by atoms with Crippen molar-refractivity contribution >= 4 is 15.9 Å². The van der Waals surface area contributed by atoms with Gasteiger partial charge in [0.25, 0.3) is 0 Å². The Morgan fingerprint density at radius 3 is 2.39 bits per heavy atom. The molecule has 0 fully saturated rings. The Balaban J connectivity index is 2.16. The van der Waals surface area contributed by atoms with Crippen molar-refractivity contribution in [2.24, 2.45) is 0 Å². The second-order valence-electron chi connectivity index (χ2n) is 3.90. The minimum Gasteiger partial charge on any atom is -0.488 e. The van der Waals surface area contributed by atoms with E-state index in [9.17, 15) is 8.78 Å². The zero-order valence-electron chi connectivity index (χ0n) is 9.71. The van der Waals surface area contributed by atoms with Gasteiger partial charge in [0, 0.05) is 4.47 Å². The minimum absolute atomic E-state index is 0.0557. The van der Waals surface area contributed by atoms with Crippen LogP contribution in [0.2, 0.25) is 0 Å². The molecule has 0 spiro atoms. The second-order valence-corrected chi connectivity index (χ2v) is 4.81. The quantitative estimate of drug-likeness (QED) is 0.804. The Morgan fingerprint density at radius 1 is 1.11 bits per heavy atom. The zero-order chi connectivity index (χ0) is 13.1. The normalized spacial score (nSPS) is 10.4. The Morgan fingerprint density at radius 2 is 1.78 bits per heavy atom. The van der Waals surface area contributed by atoms with Gasteiger partial charge in [-0.05, 0) is 42.8 Å². The lowest BCUT2D eigenvalue weighted by Crippen LogP contribution is -2.02. The van der Waals surface area contributed by atoms with Gasteiger partial charge in [0.15, 0.2) is 0 Å². The van der Waals surface area contributed by atoms with Gasteiger partial charge in [0.1, 0.15) is 24.0 Å². The van der Waals surface area contributed by atoms with Crippen molar-refractivity contribution in [3.05, 3.63) is 63.6 Å². The maximum Gasteiger partial charge on any atom is 0.132 e. The molecule has 4 heteroatoms. The fourth-order valence-electron chi connectivity index (χ4n) is 1.59. The van der Waals surface area contributed by atoms with Gasteiger partial charge in [0.05, 0.1) is 5.56 Å². The standard InChI is InChI=1S/C14H11BrF2O/c1-9-7-10(15)5-6-14(9)18-8-11-12(16)3-2-4-13(11)17/h2-7H,8H2,1H3. The maximum absolute atomic E-state index is 13.4. The monoisotopic (exact) mass is 312 g/mol. The molecule has 0 saturated heterocycles. The molecule has 0 amide bonds. The molecule has 0 unspecified atom stereocenters. The Kier molecular flexibility index (Phi) is 3.97. The molecule has 0 radical (unpaired) electrons. The first-order valence-corrected chi connectivity index (χ1v) is 6.19. The number of aryl methyl sites for hydroxylation is 1. The van der Waals surface area contributed by atoms with E-state index in [-0.39, 0.29) is 12.2 Å². The van der Waals surface area contributed by atoms with E-state index in [1.807, 2.05) is 19.1 Å². The average molecular weight is 313 g/mol. The van der Waals surface area contributed by atoms with Crippen LogP contribution < -0.4 is 4.74 Å². The highest BCUT2D eigenvalue weighted by molar-refractivity contribution is 9.10. The van der Waals surface area contributed by atoms with E-state index in [1.165, 1.54) is 18.2 Å². The molecule has 0 atom stereocenters. The van der Waals surface area contributed by atoms with E-state index in [1.54, 1.807) is 6.07 Å². The highest BCUT2D eigenvalue weighted by atomic mass is 79.9. The highest BCUT2D eigenvalue weighted by Gasteiger charge is 2.09. The first-order valence-electron chi connectivity index (χ1n) is 5.40. The molecule has 0 aliphatic carbocycles. The fourth-order valence-corrected chi connectivity index (χ4v) is 2.07. The van der Waals surface area contributed by atoms with E-state index in [4.69, 9.17) is 4.74 Å². The molecule has 0 saturated carbocycles. The third-order valence-corrected chi connectivity index (χ3v) is 3.06. The smallest absolute Gasteiger partial charge is 0.132 e. The second kappa shape index (κ2) is 5.48. The summed E-state index contributed by atoms with van der Waals surface area (Å²) in [7, 11) is 0. The largest absolute Gasteiger partial charge is 0.488 e. The Labute approximate surface area is 113 Å². The maximum atomic E-state index is 13.4. The summed E-state index contributed by atoms with van der Waals surface area (Å²) >= 11 is 3.34. The van der Waals surface area contributed by atoms with Crippen molar-refractivity contribution in [1.29, 1.82) is 0 Å². The van der Waals surface area contributed by atoms with Crippen LogP contribution in [0, 0.1) is 18.6 Å². The van der Waals surface area contributed by atoms with Gasteiger partial charge in [-0.2, -0.15) is 0 Å². The third-order valence-electron chi connectivity index (χ3n) is 2.57. The summed E-state index contributed by atoms with van der Waals surface area (Å²) in [4.78, 5) is 0. The number of benzene rings is 2. The molecular formula is C14H11BrF2O. The summed E-state index contributed by atoms with van der Waals surface area (Å²) in [6.45, 7) is 1.75. The van der Waals surface area contributed by atoms with Crippen molar-refractivity contribution in [2.75, 3.05) is 0 Å². The number of hydrogen-bond donors (Lipinski definition) is 0. The van der Waals surface area contributed by atoms with Gasteiger partial charge in [-0.25, -0.2) is 8.78 Å². The van der Waals surface area contributed by atoms with Crippen molar-refractivity contribution in [1.82, 2.24) is 0 Å². The van der Waals surface area contributed by atoms with Crippen LogP contribution in [0.5, 0.6) is 5.75 Å². The van der Waals surface area contributed by atoms with Crippen molar-refractivity contribution in [2.45, 2.75) is 13.5 Å². The van der Waals surface area contributed by atoms with Crippen LogP contribution in [0.25, 0.3) is 0 Å². The number of rotatable bonds is 3. The summed E-state index contributed by atoms with van der Waals surface area (Å²) in [6, 6.07) is 9.23. The summed E-state index contributed by atoms with van der Waals surface area (Å²) in [5.41, 5.74) is 0.848. The predicted molar refractivity (Wildman–Crippen MR) is 69.6 cm³/mol. The van der Waals surface area contributed by atoms with Crippen LogP contribution in [0.1, 0.15) is 11.1 Å². The summed E-state index contributed by atoms with van der Waals surface area (Å²) in [5, 5.41) is 0. The van der Waals surface area contributed by atoms with Gasteiger partial charge in [-0.1, -0.05) is 22.0 Å². The molecule has 0 bridgehead atoms. The number of hydrogen-bond acceptors (Lipinski definition) is 1. The number of ether oxygens (including phenoxy) is 1. The first kappa shape index (κ1) is 13.0. The van der Waals surface area contributed by atoms with E-state index in [0.29, 0.717) is 5.75 Å². The summed E-state index contributed by atoms with van der Waals surface area (Å²) < 4.78 is 33.2. The van der Waals surface area contributed by atoms with Crippen LogP contribution in [-0.4, -0.2) is 0 Å². The Bertz CT molecular complexity index is 549. The van der Waals surface area contributed by atoms with Crippen molar-refractivity contribution < 1.29 is 13.5 Å². The van der Waals surface area contributed by atoms with E-state index in [2.05, 4.69) is 15.9 Å². The zero-order valence-corrected chi connectivity index (χ0v) is 11.3. The highest BCUT2D eigenvalue weighted by Crippen LogP contribution is 2.24. The van der Waals surface area contributed by atoms with E-state index in [0.717, 1.165) is 10.0 Å². The lowest BCUT2D eigenvalue weighted by molar-refractivity contribution is 0.290. The van der Waals surface area contributed by atoms with Crippen LogP contribution >= 0.6 is 15.9 Å². The minimum atomic E-state index is -0.593. The van der Waals surface area contributed by atoms with Gasteiger partial charge in [-0.3, -0.25) is 0 Å². The molecule has 2 rings (SSSR count). The molecule has 0 N–H and O–H groups in total. The lowest BCUT2D eigenvalue weighted by Gasteiger charge is -2.10. The molecule has 1 nitrogen and oxygen atoms in total. The molecule has 0 aromatic heterocycles. The fraction of sp³-hybridized carbons (Fsp3) is 0.143.